The van der Waals surface area contributed by atoms with E-state index in [1.807, 2.05) is 0 Å². The third-order valence-corrected chi connectivity index (χ3v) is 3.14. The molecular formula is C14H12N3O5-. The number of nitro benzene ring substituents is 1. The zero-order valence-corrected chi connectivity index (χ0v) is 11.5. The Labute approximate surface area is 126 Å². The van der Waals surface area contributed by atoms with Gasteiger partial charge in [-0.1, -0.05) is 12.1 Å². The van der Waals surface area contributed by atoms with Crippen molar-refractivity contribution in [2.45, 2.75) is 0 Å². The molecule has 22 heavy (non-hydrogen) atoms. The normalized spacial score (nSPS) is 15.2. The van der Waals surface area contributed by atoms with Crippen LogP contribution < -0.4 is 5.11 Å². The summed E-state index contributed by atoms with van der Waals surface area (Å²) in [6.07, 6.45) is 1.24. The van der Waals surface area contributed by atoms with E-state index in [9.17, 15) is 20.0 Å². The molecule has 1 amide bonds. The first-order valence-corrected chi connectivity index (χ1v) is 6.47. The molecule has 0 aliphatic carbocycles. The van der Waals surface area contributed by atoms with Gasteiger partial charge in [0.1, 0.15) is 11.6 Å². The number of hydrogen-bond donors (Lipinski definition) is 0. The molecule has 1 heterocycles. The van der Waals surface area contributed by atoms with Gasteiger partial charge in [0, 0.05) is 19.2 Å². The Morgan fingerprint density at radius 3 is 2.68 bits per heavy atom. The molecule has 8 heteroatoms. The Bertz CT molecular complexity index is 672. The number of nitriles is 1. The Kier molecular flexibility index (Phi) is 4.70. The number of hydrogen-bond acceptors (Lipinski definition) is 6. The maximum absolute atomic E-state index is 12.2. The number of nitro groups is 1. The van der Waals surface area contributed by atoms with Crippen LogP contribution in [0.25, 0.3) is 6.08 Å². The Hall–Kier alpha value is -2.92. The highest BCUT2D eigenvalue weighted by atomic mass is 16.6. The van der Waals surface area contributed by atoms with Crippen LogP contribution in [0.3, 0.4) is 0 Å². The van der Waals surface area contributed by atoms with Crippen molar-refractivity contribution in [3.63, 3.8) is 0 Å². The number of nitrogens with zero attached hydrogens (tertiary/aromatic N) is 3. The van der Waals surface area contributed by atoms with Crippen molar-refractivity contribution in [3.8, 4) is 11.8 Å². The number of ether oxygens (including phenoxy) is 1. The summed E-state index contributed by atoms with van der Waals surface area (Å²) in [5.41, 5.74) is -0.482. The van der Waals surface area contributed by atoms with Gasteiger partial charge in [-0.15, -0.1) is 0 Å². The number of amides is 1. The topological polar surface area (TPSA) is 120 Å². The molecule has 114 valence electrons. The number of benzene rings is 1. The van der Waals surface area contributed by atoms with E-state index in [4.69, 9.17) is 10.00 Å². The Balaban J connectivity index is 2.29. The van der Waals surface area contributed by atoms with Crippen LogP contribution in [-0.2, 0) is 9.53 Å². The number of rotatable bonds is 3. The van der Waals surface area contributed by atoms with Crippen LogP contribution in [0.4, 0.5) is 5.69 Å². The molecule has 1 aromatic carbocycles. The first-order valence-electron chi connectivity index (χ1n) is 6.47. The molecule has 1 fully saturated rings. The number of carbonyl (C=O) groups excluding carboxylic acids is 1. The van der Waals surface area contributed by atoms with Crippen molar-refractivity contribution in [1.29, 1.82) is 5.26 Å². The molecule has 8 nitrogen and oxygen atoms in total. The second kappa shape index (κ2) is 6.69. The summed E-state index contributed by atoms with van der Waals surface area (Å²) in [6.45, 7) is 1.58. The monoisotopic (exact) mass is 302 g/mol. The van der Waals surface area contributed by atoms with Gasteiger partial charge in [-0.25, -0.2) is 0 Å². The Morgan fingerprint density at radius 2 is 2.09 bits per heavy atom. The van der Waals surface area contributed by atoms with Crippen molar-refractivity contribution in [2.75, 3.05) is 26.3 Å². The molecule has 0 atom stereocenters. The largest absolute Gasteiger partial charge is 0.868 e. The van der Waals surface area contributed by atoms with Gasteiger partial charge in [0.25, 0.3) is 11.6 Å². The molecular weight excluding hydrogens is 290 g/mol. The first kappa shape index (κ1) is 15.5. The zero-order chi connectivity index (χ0) is 16.1. The number of carbonyl (C=O) groups is 1. The summed E-state index contributed by atoms with van der Waals surface area (Å²) in [6, 6.07) is 5.21. The fourth-order valence-corrected chi connectivity index (χ4v) is 2.01. The third-order valence-electron chi connectivity index (χ3n) is 3.14. The van der Waals surface area contributed by atoms with Crippen molar-refractivity contribution >= 4 is 17.7 Å². The van der Waals surface area contributed by atoms with Gasteiger partial charge in [-0.3, -0.25) is 14.9 Å². The predicted molar refractivity (Wildman–Crippen MR) is 73.5 cm³/mol. The Morgan fingerprint density at radius 1 is 1.41 bits per heavy atom. The van der Waals surface area contributed by atoms with E-state index in [1.54, 1.807) is 6.07 Å². The maximum Gasteiger partial charge on any atom is 0.264 e. The molecule has 0 bridgehead atoms. The molecule has 0 radical (unpaired) electrons. The summed E-state index contributed by atoms with van der Waals surface area (Å²) < 4.78 is 5.13. The SMILES string of the molecule is N#C/C(=C\c1ccc([O-])c([N+](=O)[O-])c1)C(=O)N1CCOCC1. The molecule has 1 aliphatic heterocycles. The van der Waals surface area contributed by atoms with E-state index in [1.165, 1.54) is 17.0 Å². The average Bonchev–Trinajstić information content (AvgIpc) is 2.54. The highest BCUT2D eigenvalue weighted by Gasteiger charge is 2.20. The highest BCUT2D eigenvalue weighted by Crippen LogP contribution is 2.25. The van der Waals surface area contributed by atoms with E-state index < -0.39 is 22.3 Å². The molecule has 0 spiro atoms. The molecule has 1 aromatic rings. The fourth-order valence-electron chi connectivity index (χ4n) is 2.01. The number of morpholine rings is 1. The molecule has 0 N–H and O–H groups in total. The average molecular weight is 302 g/mol. The summed E-state index contributed by atoms with van der Waals surface area (Å²) in [5.74, 6) is -1.18. The quantitative estimate of drug-likeness (QED) is 0.346. The third kappa shape index (κ3) is 3.39. The van der Waals surface area contributed by atoms with Crippen LogP contribution >= 0.6 is 0 Å². The van der Waals surface area contributed by atoms with Crippen LogP contribution in [0.1, 0.15) is 5.56 Å². The van der Waals surface area contributed by atoms with Crippen molar-refractivity contribution in [1.82, 2.24) is 4.90 Å². The summed E-state index contributed by atoms with van der Waals surface area (Å²) in [4.78, 5) is 23.6. The minimum atomic E-state index is -0.796. The summed E-state index contributed by atoms with van der Waals surface area (Å²) in [7, 11) is 0. The molecule has 1 aliphatic rings. The minimum Gasteiger partial charge on any atom is -0.868 e. The molecule has 1 saturated heterocycles. The van der Waals surface area contributed by atoms with E-state index in [2.05, 4.69) is 0 Å². The van der Waals surface area contributed by atoms with E-state index >= 15 is 0 Å². The second-order valence-electron chi connectivity index (χ2n) is 4.56. The second-order valence-corrected chi connectivity index (χ2v) is 4.56. The smallest absolute Gasteiger partial charge is 0.264 e. The molecule has 0 unspecified atom stereocenters. The van der Waals surface area contributed by atoms with Gasteiger partial charge in [-0.05, 0) is 17.4 Å². The minimum absolute atomic E-state index is 0.144. The van der Waals surface area contributed by atoms with Gasteiger partial charge in [0.2, 0.25) is 0 Å². The van der Waals surface area contributed by atoms with Crippen molar-refractivity contribution in [3.05, 3.63) is 39.4 Å². The lowest BCUT2D eigenvalue weighted by Gasteiger charge is -2.26. The lowest BCUT2D eigenvalue weighted by Crippen LogP contribution is -2.41. The molecule has 0 saturated carbocycles. The van der Waals surface area contributed by atoms with Gasteiger partial charge < -0.3 is 14.7 Å². The van der Waals surface area contributed by atoms with Gasteiger partial charge in [0.05, 0.1) is 18.1 Å². The lowest BCUT2D eigenvalue weighted by molar-refractivity contribution is -0.398. The molecule has 0 aromatic heterocycles. The first-order chi connectivity index (χ1) is 10.5. The summed E-state index contributed by atoms with van der Waals surface area (Å²) >= 11 is 0. The van der Waals surface area contributed by atoms with E-state index in [0.29, 0.717) is 26.3 Å². The standard InChI is InChI=1S/C14H13N3O5/c15-9-11(14(19)16-3-5-22-6-4-16)7-10-1-2-13(18)12(8-10)17(20)21/h1-2,7-8,18H,3-6H2/p-1/b11-7+. The lowest BCUT2D eigenvalue weighted by atomic mass is 10.1. The van der Waals surface area contributed by atoms with Crippen LogP contribution in [0, 0.1) is 21.4 Å². The van der Waals surface area contributed by atoms with Gasteiger partial charge in [-0.2, -0.15) is 5.26 Å². The maximum atomic E-state index is 12.2. The van der Waals surface area contributed by atoms with Crippen LogP contribution in [-0.4, -0.2) is 42.0 Å². The summed E-state index contributed by atoms with van der Waals surface area (Å²) in [5, 5.41) is 31.2. The predicted octanol–water partition coefficient (Wildman–Crippen LogP) is 0.434. The van der Waals surface area contributed by atoms with Crippen molar-refractivity contribution in [2.24, 2.45) is 0 Å². The molecule has 2 rings (SSSR count). The van der Waals surface area contributed by atoms with Crippen LogP contribution in [0.5, 0.6) is 5.75 Å². The zero-order valence-electron chi connectivity index (χ0n) is 11.5. The van der Waals surface area contributed by atoms with E-state index in [0.717, 1.165) is 12.1 Å². The highest BCUT2D eigenvalue weighted by molar-refractivity contribution is 6.01. The van der Waals surface area contributed by atoms with Gasteiger partial charge >= 0.3 is 0 Å². The van der Waals surface area contributed by atoms with E-state index in [-0.39, 0.29) is 11.1 Å². The van der Waals surface area contributed by atoms with Gasteiger partial charge in [0.15, 0.2) is 0 Å². The fraction of sp³-hybridized carbons (Fsp3) is 0.286. The van der Waals surface area contributed by atoms with Crippen molar-refractivity contribution < 1.29 is 19.6 Å². The van der Waals surface area contributed by atoms with Crippen LogP contribution in [0.2, 0.25) is 0 Å². The van der Waals surface area contributed by atoms with Crippen LogP contribution in [0.15, 0.2) is 23.8 Å².